The number of hydroxylamine groups is 3. The number of hydrogen-bond acceptors (Lipinski definition) is 8. The number of nitrogens with one attached hydrogen (secondary N) is 1. The summed E-state index contributed by atoms with van der Waals surface area (Å²) in [6, 6.07) is 20.9. The second kappa shape index (κ2) is 10.9. The minimum Gasteiger partial charge on any atom is -0.318 e. The maximum absolute atomic E-state index is 12.4. The van der Waals surface area contributed by atoms with Crippen molar-refractivity contribution < 1.29 is 38.4 Å². The zero-order valence-electron chi connectivity index (χ0n) is 22.1. The van der Waals surface area contributed by atoms with E-state index in [-0.39, 0.29) is 31.1 Å². The van der Waals surface area contributed by atoms with Crippen LogP contribution in [0.5, 0.6) is 0 Å². The fourth-order valence-electron chi connectivity index (χ4n) is 5.50. The molecule has 0 radical (unpaired) electrons. The standard InChI is InChI=1S/C30H24N4O8/c35-17-33(41-16-24-22-7-3-1-5-20(22)21-6-2-4-8-23(21)24)19-11-9-18(10-12-19)31-30(40)42-32-15-25(28(38)29(32)39)34-26(36)13-14-27(34)37/h1-12,17,24-25H,13-16H2,(H,31,40). The molecule has 12 heteroatoms. The number of anilines is 2. The van der Waals surface area contributed by atoms with Crippen LogP contribution >= 0.6 is 0 Å². The van der Waals surface area contributed by atoms with Crippen LogP contribution in [0.3, 0.4) is 0 Å². The summed E-state index contributed by atoms with van der Waals surface area (Å²) in [6.45, 7) is -0.222. The number of rotatable bonds is 8. The molecule has 0 saturated carbocycles. The van der Waals surface area contributed by atoms with E-state index >= 15 is 0 Å². The van der Waals surface area contributed by atoms with Gasteiger partial charge in [0.1, 0.15) is 6.04 Å². The number of ketones is 1. The van der Waals surface area contributed by atoms with Gasteiger partial charge in [0, 0.05) is 24.4 Å². The first-order chi connectivity index (χ1) is 20.4. The lowest BCUT2D eigenvalue weighted by molar-refractivity contribution is -0.160. The second-order valence-corrected chi connectivity index (χ2v) is 9.91. The maximum atomic E-state index is 12.4. The van der Waals surface area contributed by atoms with Gasteiger partial charge in [-0.3, -0.25) is 39.0 Å². The van der Waals surface area contributed by atoms with Gasteiger partial charge in [-0.25, -0.2) is 4.79 Å². The smallest absolute Gasteiger partial charge is 0.318 e. The van der Waals surface area contributed by atoms with E-state index in [9.17, 15) is 28.8 Å². The Labute approximate surface area is 239 Å². The van der Waals surface area contributed by atoms with E-state index < -0.39 is 42.2 Å². The van der Waals surface area contributed by atoms with Gasteiger partial charge in [-0.2, -0.15) is 10.1 Å². The van der Waals surface area contributed by atoms with Gasteiger partial charge in [-0.15, -0.1) is 0 Å². The summed E-state index contributed by atoms with van der Waals surface area (Å²) in [7, 11) is 0. The Morgan fingerprint density at radius 1 is 0.881 bits per heavy atom. The van der Waals surface area contributed by atoms with Crippen LogP contribution in [0.15, 0.2) is 72.8 Å². The van der Waals surface area contributed by atoms with Gasteiger partial charge >= 0.3 is 12.0 Å². The predicted molar refractivity (Wildman–Crippen MR) is 146 cm³/mol. The number of carbonyl (C=O) groups excluding carboxylic acids is 6. The van der Waals surface area contributed by atoms with Crippen LogP contribution in [0, 0.1) is 0 Å². The molecule has 0 bridgehead atoms. The van der Waals surface area contributed by atoms with E-state index in [1.54, 1.807) is 12.1 Å². The number of nitrogens with zero attached hydrogens (tertiary/aromatic N) is 3. The average Bonchev–Trinajstić information content (AvgIpc) is 3.60. The Hall–Kier alpha value is -5.36. The molecule has 0 aromatic heterocycles. The molecule has 2 heterocycles. The number of imide groups is 1. The predicted octanol–water partition coefficient (Wildman–Crippen LogP) is 2.79. The molecule has 1 N–H and O–H groups in total. The third kappa shape index (κ3) is 4.77. The first-order valence-corrected chi connectivity index (χ1v) is 13.2. The summed E-state index contributed by atoms with van der Waals surface area (Å²) >= 11 is 0. The van der Waals surface area contributed by atoms with Gasteiger partial charge in [0.25, 0.3) is 0 Å². The molecule has 3 aromatic rings. The van der Waals surface area contributed by atoms with Gasteiger partial charge in [0.2, 0.25) is 24.0 Å². The maximum Gasteiger partial charge on any atom is 0.436 e. The highest BCUT2D eigenvalue weighted by molar-refractivity contribution is 6.40. The molecule has 42 heavy (non-hydrogen) atoms. The number of Topliss-reactive ketones (excluding diaryl/α,β-unsaturated/α-hetero) is 1. The Kier molecular flexibility index (Phi) is 6.97. The van der Waals surface area contributed by atoms with Crippen molar-refractivity contribution in [2.45, 2.75) is 24.8 Å². The normalized spacial score (nSPS) is 17.9. The van der Waals surface area contributed by atoms with Crippen molar-refractivity contribution in [1.29, 1.82) is 0 Å². The van der Waals surface area contributed by atoms with Crippen molar-refractivity contribution in [2.75, 3.05) is 23.5 Å². The highest BCUT2D eigenvalue weighted by Gasteiger charge is 2.49. The van der Waals surface area contributed by atoms with Gasteiger partial charge in [0.05, 0.1) is 18.8 Å². The van der Waals surface area contributed by atoms with E-state index in [4.69, 9.17) is 9.68 Å². The zero-order chi connectivity index (χ0) is 29.4. The largest absolute Gasteiger partial charge is 0.436 e. The van der Waals surface area contributed by atoms with Crippen molar-refractivity contribution in [2.24, 2.45) is 0 Å². The van der Waals surface area contributed by atoms with Crippen LogP contribution in [-0.4, -0.2) is 65.2 Å². The fraction of sp³-hybridized carbons (Fsp3) is 0.200. The summed E-state index contributed by atoms with van der Waals surface area (Å²) in [5.74, 6) is -3.30. The first-order valence-electron chi connectivity index (χ1n) is 13.2. The summed E-state index contributed by atoms with van der Waals surface area (Å²) in [6.07, 6.45) is -0.594. The minimum absolute atomic E-state index is 0.0385. The fourth-order valence-corrected chi connectivity index (χ4v) is 5.50. The molecule has 3 aliphatic rings. The Morgan fingerprint density at radius 2 is 1.48 bits per heavy atom. The highest BCUT2D eigenvalue weighted by atomic mass is 16.7. The monoisotopic (exact) mass is 568 g/mol. The van der Waals surface area contributed by atoms with Crippen LogP contribution in [0.4, 0.5) is 16.2 Å². The Bertz CT molecular complexity index is 1560. The van der Waals surface area contributed by atoms with Gasteiger partial charge < -0.3 is 4.84 Å². The molecule has 2 saturated heterocycles. The molecule has 5 amide bonds. The lowest BCUT2D eigenvalue weighted by atomic mass is 9.98. The Morgan fingerprint density at radius 3 is 2.07 bits per heavy atom. The zero-order valence-corrected chi connectivity index (χ0v) is 22.1. The van der Waals surface area contributed by atoms with E-state index in [1.807, 2.05) is 36.4 Å². The summed E-state index contributed by atoms with van der Waals surface area (Å²) in [5.41, 5.74) is 5.18. The second-order valence-electron chi connectivity index (χ2n) is 9.91. The van der Waals surface area contributed by atoms with Crippen molar-refractivity contribution in [3.63, 3.8) is 0 Å². The van der Waals surface area contributed by atoms with Crippen LogP contribution in [-0.2, 0) is 33.6 Å². The summed E-state index contributed by atoms with van der Waals surface area (Å²) in [5, 5.41) is 4.05. The molecule has 212 valence electrons. The number of amides is 5. The van der Waals surface area contributed by atoms with Gasteiger partial charge in [-0.05, 0) is 46.5 Å². The highest BCUT2D eigenvalue weighted by Crippen LogP contribution is 2.44. The van der Waals surface area contributed by atoms with Crippen LogP contribution in [0.1, 0.15) is 29.9 Å². The third-order valence-corrected chi connectivity index (χ3v) is 7.48. The lowest BCUT2D eigenvalue weighted by Crippen LogP contribution is -2.44. The van der Waals surface area contributed by atoms with Crippen molar-refractivity contribution in [1.82, 2.24) is 9.96 Å². The van der Waals surface area contributed by atoms with E-state index in [0.717, 1.165) is 32.2 Å². The number of likely N-dealkylation sites (tertiary alicyclic amines) is 1. The Balaban J connectivity index is 1.06. The molecular weight excluding hydrogens is 544 g/mol. The molecule has 2 aliphatic heterocycles. The van der Waals surface area contributed by atoms with Crippen LogP contribution < -0.4 is 10.4 Å². The number of carbonyl (C=O) groups is 6. The minimum atomic E-state index is -1.33. The molecule has 6 rings (SSSR count). The quantitative estimate of drug-likeness (QED) is 0.189. The molecular formula is C30H24N4O8. The van der Waals surface area contributed by atoms with E-state index in [2.05, 4.69) is 17.4 Å². The number of fused-ring (bicyclic) bond motifs is 3. The number of benzene rings is 3. The van der Waals surface area contributed by atoms with Crippen molar-refractivity contribution in [3.05, 3.63) is 83.9 Å². The van der Waals surface area contributed by atoms with Crippen molar-refractivity contribution >= 4 is 47.4 Å². The molecule has 12 nitrogen and oxygen atoms in total. The summed E-state index contributed by atoms with van der Waals surface area (Å²) < 4.78 is 0. The topological polar surface area (TPSA) is 143 Å². The lowest BCUT2D eigenvalue weighted by Gasteiger charge is -2.21. The van der Waals surface area contributed by atoms with Crippen LogP contribution in [0.25, 0.3) is 11.1 Å². The number of hydrogen-bond donors (Lipinski definition) is 1. The SMILES string of the molecule is O=CN(OCC1c2ccccc2-c2ccccc21)c1ccc(NC(=O)ON2CC(N3C(=O)CCC3=O)C(=O)C2=O)cc1. The van der Waals surface area contributed by atoms with E-state index in [1.165, 1.54) is 12.1 Å². The molecule has 1 aliphatic carbocycles. The average molecular weight is 569 g/mol. The first kappa shape index (κ1) is 26.8. The molecule has 0 spiro atoms. The van der Waals surface area contributed by atoms with Crippen molar-refractivity contribution in [3.8, 4) is 11.1 Å². The molecule has 2 fully saturated rings. The van der Waals surface area contributed by atoms with Gasteiger partial charge in [0.15, 0.2) is 0 Å². The van der Waals surface area contributed by atoms with E-state index in [0.29, 0.717) is 17.2 Å². The third-order valence-electron chi connectivity index (χ3n) is 7.48. The molecule has 1 atom stereocenters. The van der Waals surface area contributed by atoms with Gasteiger partial charge in [-0.1, -0.05) is 48.5 Å². The molecule has 3 aromatic carbocycles. The summed E-state index contributed by atoms with van der Waals surface area (Å²) in [4.78, 5) is 84.5. The molecule has 1 unspecified atom stereocenters. The van der Waals surface area contributed by atoms with Crippen LogP contribution in [0.2, 0.25) is 0 Å².